The third-order valence-corrected chi connectivity index (χ3v) is 2.53. The third kappa shape index (κ3) is 2.17. The smallest absolute Gasteiger partial charge is 0.317 e. The molecule has 6 heteroatoms. The normalized spacial score (nSPS) is 14.6. The number of nitrogens with two attached hydrogens (primary N) is 1. The van der Waals surface area contributed by atoms with Crippen LogP contribution in [-0.2, 0) is 4.57 Å². The van der Waals surface area contributed by atoms with Crippen LogP contribution in [0.25, 0.3) is 10.8 Å². The van der Waals surface area contributed by atoms with Crippen LogP contribution in [0.1, 0.15) is 0 Å². The van der Waals surface area contributed by atoms with Crippen molar-refractivity contribution in [2.75, 3.05) is 5.73 Å². The Labute approximate surface area is 91.7 Å². The largest absolute Gasteiger partial charge is 0.746 e. The van der Waals surface area contributed by atoms with Crippen LogP contribution in [0.5, 0.6) is 5.75 Å². The summed E-state index contributed by atoms with van der Waals surface area (Å²) >= 11 is 0. The van der Waals surface area contributed by atoms with Crippen molar-refractivity contribution in [1.82, 2.24) is 0 Å². The fourth-order valence-corrected chi connectivity index (χ4v) is 1.91. The van der Waals surface area contributed by atoms with Crippen LogP contribution in [0.2, 0.25) is 0 Å². The molecule has 2 rings (SSSR count). The molecule has 1 atom stereocenters. The molecule has 16 heavy (non-hydrogen) atoms. The lowest BCUT2D eigenvalue weighted by atomic mass is 10.1. The Kier molecular flexibility index (Phi) is 2.59. The van der Waals surface area contributed by atoms with E-state index in [0.29, 0.717) is 5.39 Å². The van der Waals surface area contributed by atoms with Crippen LogP contribution in [0, 0.1) is 0 Å². The average molecular weight is 238 g/mol. The molecule has 2 aromatic rings. The molecule has 3 N–H and O–H groups in total. The summed E-state index contributed by atoms with van der Waals surface area (Å²) in [7, 11) is -4.85. The van der Waals surface area contributed by atoms with Gasteiger partial charge < -0.3 is 20.0 Å². The average Bonchev–Trinajstić information content (AvgIpc) is 2.21. The van der Waals surface area contributed by atoms with E-state index in [1.807, 2.05) is 0 Å². The van der Waals surface area contributed by atoms with Gasteiger partial charge in [0, 0.05) is 5.39 Å². The molecule has 0 aliphatic heterocycles. The maximum absolute atomic E-state index is 10.7. The highest BCUT2D eigenvalue weighted by Crippen LogP contribution is 2.41. The summed E-state index contributed by atoms with van der Waals surface area (Å²) in [6, 6.07) is 10.2. The first-order valence-electron chi connectivity index (χ1n) is 4.48. The number of hydrogen-bond acceptors (Lipinski definition) is 4. The molecule has 0 saturated carbocycles. The topological polar surface area (TPSA) is 95.6 Å². The number of fused-ring (bicyclic) bond motifs is 1. The maximum Gasteiger partial charge on any atom is 0.317 e. The van der Waals surface area contributed by atoms with Crippen molar-refractivity contribution in [3.8, 4) is 5.75 Å². The SMILES string of the molecule is Nc1ccc2ccccc2c1OP(=O)([O-])O. The highest BCUT2D eigenvalue weighted by molar-refractivity contribution is 7.45. The lowest BCUT2D eigenvalue weighted by molar-refractivity contribution is -0.211. The Balaban J connectivity index is 2.66. The van der Waals surface area contributed by atoms with E-state index in [2.05, 4.69) is 4.52 Å². The van der Waals surface area contributed by atoms with Gasteiger partial charge in [0.25, 0.3) is 0 Å². The van der Waals surface area contributed by atoms with E-state index in [0.717, 1.165) is 5.39 Å². The zero-order chi connectivity index (χ0) is 11.8. The van der Waals surface area contributed by atoms with Crippen molar-refractivity contribution in [2.45, 2.75) is 0 Å². The number of phosphoric ester groups is 1. The molecule has 0 aromatic heterocycles. The minimum Gasteiger partial charge on any atom is -0.746 e. The molecule has 0 radical (unpaired) electrons. The van der Waals surface area contributed by atoms with E-state index in [1.54, 1.807) is 30.3 Å². The fraction of sp³-hybridized carbons (Fsp3) is 0. The number of benzene rings is 2. The molecule has 0 heterocycles. The molecule has 1 unspecified atom stereocenters. The van der Waals surface area contributed by atoms with E-state index in [4.69, 9.17) is 10.6 Å². The Bertz CT molecular complexity index is 578. The van der Waals surface area contributed by atoms with Gasteiger partial charge in [-0.2, -0.15) is 0 Å². The maximum atomic E-state index is 10.7. The molecule has 2 aromatic carbocycles. The third-order valence-electron chi connectivity index (χ3n) is 2.12. The molecule has 84 valence electrons. The summed E-state index contributed by atoms with van der Waals surface area (Å²) in [6.07, 6.45) is 0. The summed E-state index contributed by atoms with van der Waals surface area (Å²) in [5, 5.41) is 1.31. The Morgan fingerprint density at radius 1 is 1.25 bits per heavy atom. The summed E-state index contributed by atoms with van der Waals surface area (Å²) < 4.78 is 15.2. The Morgan fingerprint density at radius 2 is 1.94 bits per heavy atom. The van der Waals surface area contributed by atoms with Gasteiger partial charge in [0.1, 0.15) is 0 Å². The molecular weight excluding hydrogens is 229 g/mol. The van der Waals surface area contributed by atoms with Crippen molar-refractivity contribution >= 4 is 24.3 Å². The summed E-state index contributed by atoms with van der Waals surface area (Å²) in [6.45, 7) is 0. The zero-order valence-electron chi connectivity index (χ0n) is 8.16. The molecule has 0 aliphatic rings. The Morgan fingerprint density at radius 3 is 2.62 bits per heavy atom. The molecule has 0 bridgehead atoms. The van der Waals surface area contributed by atoms with Gasteiger partial charge in [-0.15, -0.1) is 0 Å². The molecule has 5 nitrogen and oxygen atoms in total. The molecule has 0 amide bonds. The summed E-state index contributed by atoms with van der Waals surface area (Å²) in [5.74, 6) is -0.0427. The van der Waals surface area contributed by atoms with E-state index < -0.39 is 7.82 Å². The second kappa shape index (κ2) is 3.79. The van der Waals surface area contributed by atoms with E-state index in [9.17, 15) is 9.46 Å². The van der Waals surface area contributed by atoms with Crippen molar-refractivity contribution in [3.05, 3.63) is 36.4 Å². The zero-order valence-corrected chi connectivity index (χ0v) is 9.06. The second-order valence-corrected chi connectivity index (χ2v) is 4.38. The highest BCUT2D eigenvalue weighted by Gasteiger charge is 2.11. The van der Waals surface area contributed by atoms with Crippen LogP contribution in [0.3, 0.4) is 0 Å². The predicted molar refractivity (Wildman–Crippen MR) is 58.8 cm³/mol. The Hall–Kier alpha value is -1.55. The minimum absolute atomic E-state index is 0.0427. The minimum atomic E-state index is -4.85. The summed E-state index contributed by atoms with van der Waals surface area (Å²) in [4.78, 5) is 19.4. The first-order valence-corrected chi connectivity index (χ1v) is 5.97. The van der Waals surface area contributed by atoms with Gasteiger partial charge in [0.15, 0.2) is 5.75 Å². The molecule has 0 aliphatic carbocycles. The first-order chi connectivity index (χ1) is 7.47. The van der Waals surface area contributed by atoms with E-state index in [-0.39, 0.29) is 11.4 Å². The lowest BCUT2D eigenvalue weighted by Gasteiger charge is -2.19. The van der Waals surface area contributed by atoms with Gasteiger partial charge in [0.05, 0.1) is 5.69 Å². The summed E-state index contributed by atoms with van der Waals surface area (Å²) in [5.41, 5.74) is 5.75. The highest BCUT2D eigenvalue weighted by atomic mass is 31.2. The van der Waals surface area contributed by atoms with Crippen LogP contribution in [-0.4, -0.2) is 4.89 Å². The number of rotatable bonds is 2. The van der Waals surface area contributed by atoms with Gasteiger partial charge in [-0.05, 0) is 11.5 Å². The number of hydrogen-bond donors (Lipinski definition) is 2. The predicted octanol–water partition coefficient (Wildman–Crippen LogP) is 1.26. The number of anilines is 1. The standard InChI is InChI=1S/C10H10NO4P/c11-9-6-5-7-3-1-2-4-8(7)10(9)15-16(12,13)14/h1-6H,11H2,(H2,12,13,14)/p-1. The quantitative estimate of drug-likeness (QED) is 0.606. The van der Waals surface area contributed by atoms with Gasteiger partial charge >= 0.3 is 7.82 Å². The molecular formula is C10H9NO4P-. The lowest BCUT2D eigenvalue weighted by Crippen LogP contribution is -2.07. The molecule has 0 fully saturated rings. The molecule has 0 saturated heterocycles. The fourth-order valence-electron chi connectivity index (χ4n) is 1.48. The number of nitrogen functional groups attached to an aromatic ring is 1. The van der Waals surface area contributed by atoms with Crippen molar-refractivity contribution in [1.29, 1.82) is 0 Å². The second-order valence-electron chi connectivity index (χ2n) is 3.26. The van der Waals surface area contributed by atoms with Gasteiger partial charge in [0.2, 0.25) is 0 Å². The van der Waals surface area contributed by atoms with Crippen molar-refractivity contribution in [3.63, 3.8) is 0 Å². The van der Waals surface area contributed by atoms with E-state index in [1.165, 1.54) is 6.07 Å². The van der Waals surface area contributed by atoms with Crippen LogP contribution in [0.15, 0.2) is 36.4 Å². The first kappa shape index (κ1) is 11.0. The monoisotopic (exact) mass is 238 g/mol. The van der Waals surface area contributed by atoms with Gasteiger partial charge in [-0.1, -0.05) is 30.3 Å². The van der Waals surface area contributed by atoms with Crippen molar-refractivity contribution < 1.29 is 18.9 Å². The van der Waals surface area contributed by atoms with Crippen LogP contribution >= 0.6 is 7.82 Å². The van der Waals surface area contributed by atoms with Crippen LogP contribution in [0.4, 0.5) is 5.69 Å². The van der Waals surface area contributed by atoms with Crippen molar-refractivity contribution in [2.24, 2.45) is 0 Å². The van der Waals surface area contributed by atoms with E-state index >= 15 is 0 Å². The van der Waals surface area contributed by atoms with Gasteiger partial charge in [-0.25, -0.2) is 0 Å². The number of phosphoric acid groups is 1. The molecule has 0 spiro atoms. The van der Waals surface area contributed by atoms with Crippen LogP contribution < -0.4 is 15.2 Å². The van der Waals surface area contributed by atoms with Gasteiger partial charge in [-0.3, -0.25) is 4.57 Å².